The monoisotopic (exact) mass is 434 g/mol. The molecule has 2 aromatic carbocycles. The zero-order valence-corrected chi connectivity index (χ0v) is 18.4. The Morgan fingerprint density at radius 3 is 2.20 bits per heavy atom. The van der Waals surface area contributed by atoms with Crippen molar-refractivity contribution in [3.8, 4) is 11.5 Å². The molecule has 0 spiro atoms. The molecule has 2 aromatic rings. The lowest BCUT2D eigenvalue weighted by Gasteiger charge is -2.33. The average molecular weight is 435 g/mol. The highest BCUT2D eigenvalue weighted by Gasteiger charge is 2.25. The highest BCUT2D eigenvalue weighted by Crippen LogP contribution is 2.24. The number of hydrogen-bond donors (Lipinski definition) is 1. The van der Waals surface area contributed by atoms with Crippen molar-refractivity contribution in [2.45, 2.75) is 30.7 Å². The van der Waals surface area contributed by atoms with E-state index in [0.29, 0.717) is 25.6 Å². The lowest BCUT2D eigenvalue weighted by atomic mass is 10.1. The molecule has 0 aliphatic carbocycles. The average Bonchev–Trinajstić information content (AvgIpc) is 2.77. The molecule has 0 bridgehead atoms. The van der Waals surface area contributed by atoms with Crippen LogP contribution in [0.1, 0.15) is 19.8 Å². The number of piperidine rings is 1. The van der Waals surface area contributed by atoms with Gasteiger partial charge in [0, 0.05) is 31.4 Å². The molecule has 1 fully saturated rings. The van der Waals surface area contributed by atoms with Gasteiger partial charge in [-0.3, -0.25) is 0 Å². The summed E-state index contributed by atoms with van der Waals surface area (Å²) in [5.74, 6) is 1.45. The maximum Gasteiger partial charge on any atom is 0.240 e. The van der Waals surface area contributed by atoms with Crippen LogP contribution in [0.3, 0.4) is 0 Å². The predicted octanol–water partition coefficient (Wildman–Crippen LogP) is 3.06. The molecule has 164 valence electrons. The van der Waals surface area contributed by atoms with Crippen LogP contribution >= 0.6 is 0 Å². The van der Waals surface area contributed by atoms with Crippen LogP contribution in [0.2, 0.25) is 0 Å². The SMILES string of the molecule is CCOCCOc1ccc(S(=O)(=O)NC2CCN(c3ccc(OC)cc3)CC2)cc1. The molecular weight excluding hydrogens is 404 g/mol. The molecule has 1 saturated heterocycles. The van der Waals surface area contributed by atoms with E-state index in [-0.39, 0.29) is 10.9 Å². The van der Waals surface area contributed by atoms with Gasteiger partial charge in [-0.15, -0.1) is 0 Å². The van der Waals surface area contributed by atoms with Crippen molar-refractivity contribution < 1.29 is 22.6 Å². The number of sulfonamides is 1. The molecule has 8 heteroatoms. The largest absolute Gasteiger partial charge is 0.497 e. The number of benzene rings is 2. The van der Waals surface area contributed by atoms with Crippen molar-refractivity contribution in [1.29, 1.82) is 0 Å². The molecule has 1 heterocycles. The van der Waals surface area contributed by atoms with Gasteiger partial charge < -0.3 is 19.1 Å². The predicted molar refractivity (Wildman–Crippen MR) is 117 cm³/mol. The smallest absolute Gasteiger partial charge is 0.240 e. The summed E-state index contributed by atoms with van der Waals surface area (Å²) in [6.07, 6.45) is 1.51. The summed E-state index contributed by atoms with van der Waals surface area (Å²) in [6.45, 7) is 5.11. The first-order valence-electron chi connectivity index (χ1n) is 10.2. The third-order valence-corrected chi connectivity index (χ3v) is 6.63. The van der Waals surface area contributed by atoms with E-state index in [1.54, 1.807) is 31.4 Å². The van der Waals surface area contributed by atoms with Crippen LogP contribution in [0.4, 0.5) is 5.69 Å². The molecule has 0 atom stereocenters. The molecule has 1 aliphatic heterocycles. The second-order valence-electron chi connectivity index (χ2n) is 7.10. The summed E-state index contributed by atoms with van der Waals surface area (Å²) in [5.41, 5.74) is 1.12. The molecule has 0 unspecified atom stereocenters. The second kappa shape index (κ2) is 10.7. The summed E-state index contributed by atoms with van der Waals surface area (Å²) >= 11 is 0. The van der Waals surface area contributed by atoms with Crippen LogP contribution in [0.15, 0.2) is 53.4 Å². The number of nitrogens with zero attached hydrogens (tertiary/aromatic N) is 1. The van der Waals surface area contributed by atoms with Gasteiger partial charge in [0.05, 0.1) is 18.6 Å². The first kappa shape index (κ1) is 22.4. The Kier molecular flexibility index (Phi) is 7.95. The Morgan fingerprint density at radius 1 is 0.967 bits per heavy atom. The lowest BCUT2D eigenvalue weighted by Crippen LogP contribution is -2.44. The topological polar surface area (TPSA) is 77.1 Å². The summed E-state index contributed by atoms with van der Waals surface area (Å²) in [6, 6.07) is 14.4. The third kappa shape index (κ3) is 6.10. The molecule has 7 nitrogen and oxygen atoms in total. The van der Waals surface area contributed by atoms with Crippen LogP contribution < -0.4 is 19.1 Å². The van der Waals surface area contributed by atoms with Gasteiger partial charge in [0.15, 0.2) is 0 Å². The molecule has 0 amide bonds. The minimum absolute atomic E-state index is 0.0772. The number of hydrogen-bond acceptors (Lipinski definition) is 6. The van der Waals surface area contributed by atoms with Gasteiger partial charge in [0.1, 0.15) is 18.1 Å². The minimum atomic E-state index is -3.56. The minimum Gasteiger partial charge on any atom is -0.497 e. The van der Waals surface area contributed by atoms with Crippen LogP contribution in [0.5, 0.6) is 11.5 Å². The van der Waals surface area contributed by atoms with E-state index in [0.717, 1.165) is 37.4 Å². The van der Waals surface area contributed by atoms with Crippen LogP contribution in [-0.4, -0.2) is 54.5 Å². The van der Waals surface area contributed by atoms with E-state index >= 15 is 0 Å². The normalized spacial score (nSPS) is 15.2. The van der Waals surface area contributed by atoms with Gasteiger partial charge in [-0.1, -0.05) is 0 Å². The maximum atomic E-state index is 12.7. The Morgan fingerprint density at radius 2 is 1.60 bits per heavy atom. The molecule has 0 radical (unpaired) electrons. The molecule has 30 heavy (non-hydrogen) atoms. The summed E-state index contributed by atoms with van der Waals surface area (Å²) < 4.78 is 44.3. The van der Waals surface area contributed by atoms with Crippen LogP contribution in [0, 0.1) is 0 Å². The summed E-state index contributed by atoms with van der Waals surface area (Å²) in [7, 11) is -1.91. The zero-order valence-electron chi connectivity index (χ0n) is 17.5. The highest BCUT2D eigenvalue weighted by molar-refractivity contribution is 7.89. The Balaban J connectivity index is 1.50. The van der Waals surface area contributed by atoms with Gasteiger partial charge in [-0.05, 0) is 68.3 Å². The number of anilines is 1. The molecular formula is C22H30N2O5S. The van der Waals surface area contributed by atoms with E-state index in [4.69, 9.17) is 14.2 Å². The van der Waals surface area contributed by atoms with E-state index in [2.05, 4.69) is 9.62 Å². The van der Waals surface area contributed by atoms with E-state index in [1.165, 1.54) is 0 Å². The first-order valence-corrected chi connectivity index (χ1v) is 11.7. The fourth-order valence-electron chi connectivity index (χ4n) is 3.41. The standard InChI is InChI=1S/C22H30N2O5S/c1-3-28-16-17-29-21-8-10-22(11-9-21)30(25,26)23-18-12-14-24(15-13-18)19-4-6-20(27-2)7-5-19/h4-11,18,23H,3,12-17H2,1-2H3. The number of rotatable bonds is 10. The van der Waals surface area contributed by atoms with Gasteiger partial charge in [0.2, 0.25) is 10.0 Å². The summed E-state index contributed by atoms with van der Waals surface area (Å²) in [5, 5.41) is 0. The summed E-state index contributed by atoms with van der Waals surface area (Å²) in [4.78, 5) is 2.51. The molecule has 0 aromatic heterocycles. The molecule has 3 rings (SSSR count). The zero-order chi connectivity index (χ0) is 21.4. The molecule has 1 aliphatic rings. The molecule has 0 saturated carbocycles. The fourth-order valence-corrected chi connectivity index (χ4v) is 4.72. The lowest BCUT2D eigenvalue weighted by molar-refractivity contribution is 0.110. The first-order chi connectivity index (χ1) is 14.5. The Hall–Kier alpha value is -2.29. The van der Waals surface area contributed by atoms with Crippen molar-refractivity contribution in [1.82, 2.24) is 4.72 Å². The molecule has 1 N–H and O–H groups in total. The third-order valence-electron chi connectivity index (χ3n) is 5.09. The highest BCUT2D eigenvalue weighted by atomic mass is 32.2. The van der Waals surface area contributed by atoms with E-state index in [1.807, 2.05) is 31.2 Å². The quantitative estimate of drug-likeness (QED) is 0.579. The van der Waals surface area contributed by atoms with Gasteiger partial charge in [-0.2, -0.15) is 0 Å². The van der Waals surface area contributed by atoms with Crippen molar-refractivity contribution in [2.75, 3.05) is 44.9 Å². The fraction of sp³-hybridized carbons (Fsp3) is 0.455. The number of ether oxygens (including phenoxy) is 3. The van der Waals surface area contributed by atoms with Crippen molar-refractivity contribution in [3.05, 3.63) is 48.5 Å². The van der Waals surface area contributed by atoms with Gasteiger partial charge >= 0.3 is 0 Å². The number of methoxy groups -OCH3 is 1. The van der Waals surface area contributed by atoms with Gasteiger partial charge in [0.25, 0.3) is 0 Å². The van der Waals surface area contributed by atoms with Crippen LogP contribution in [-0.2, 0) is 14.8 Å². The van der Waals surface area contributed by atoms with Crippen molar-refractivity contribution in [3.63, 3.8) is 0 Å². The Bertz CT molecular complexity index is 877. The maximum absolute atomic E-state index is 12.7. The van der Waals surface area contributed by atoms with E-state index in [9.17, 15) is 8.42 Å². The van der Waals surface area contributed by atoms with Crippen LogP contribution in [0.25, 0.3) is 0 Å². The van der Waals surface area contributed by atoms with Crippen molar-refractivity contribution in [2.24, 2.45) is 0 Å². The number of nitrogens with one attached hydrogen (secondary N) is 1. The van der Waals surface area contributed by atoms with E-state index < -0.39 is 10.0 Å². The van der Waals surface area contributed by atoms with Gasteiger partial charge in [-0.25, -0.2) is 13.1 Å². The second-order valence-corrected chi connectivity index (χ2v) is 8.81. The Labute approximate surface area is 179 Å². The van der Waals surface area contributed by atoms with Crippen molar-refractivity contribution >= 4 is 15.7 Å².